The van der Waals surface area contributed by atoms with Crippen molar-refractivity contribution in [3.05, 3.63) is 71.3 Å². The SMILES string of the molecule is CCCCCCC(C)(C)c1ccc(/C=C/C(C)=O)c(OCc2ccccc2)c1. The Kier molecular flexibility index (Phi) is 8.50. The molecule has 0 radical (unpaired) electrons. The smallest absolute Gasteiger partial charge is 0.152 e. The van der Waals surface area contributed by atoms with Crippen LogP contribution in [-0.4, -0.2) is 5.78 Å². The van der Waals surface area contributed by atoms with Crippen molar-refractivity contribution in [1.82, 2.24) is 0 Å². The van der Waals surface area contributed by atoms with E-state index in [-0.39, 0.29) is 11.2 Å². The summed E-state index contributed by atoms with van der Waals surface area (Å²) in [6.07, 6.45) is 9.70. The van der Waals surface area contributed by atoms with Crippen LogP contribution in [0.3, 0.4) is 0 Å². The van der Waals surface area contributed by atoms with E-state index in [9.17, 15) is 4.79 Å². The van der Waals surface area contributed by atoms with Crippen LogP contribution in [0.1, 0.15) is 76.5 Å². The molecule has 150 valence electrons. The molecule has 0 saturated heterocycles. The molecule has 0 unspecified atom stereocenters. The van der Waals surface area contributed by atoms with Crippen LogP contribution in [0.25, 0.3) is 6.08 Å². The molecule has 0 aromatic heterocycles. The molecule has 0 aliphatic carbocycles. The third kappa shape index (κ3) is 6.99. The lowest BCUT2D eigenvalue weighted by atomic mass is 9.79. The molecule has 2 aromatic carbocycles. The molecule has 0 saturated carbocycles. The summed E-state index contributed by atoms with van der Waals surface area (Å²) in [5, 5.41) is 0. The number of hydrogen-bond donors (Lipinski definition) is 0. The van der Waals surface area contributed by atoms with Gasteiger partial charge in [0.25, 0.3) is 0 Å². The lowest BCUT2D eigenvalue weighted by molar-refractivity contribution is -0.112. The van der Waals surface area contributed by atoms with E-state index < -0.39 is 0 Å². The minimum absolute atomic E-state index is 0.0364. The number of hydrogen-bond acceptors (Lipinski definition) is 2. The fourth-order valence-electron chi connectivity index (χ4n) is 3.30. The van der Waals surface area contributed by atoms with Gasteiger partial charge in [0.05, 0.1) is 0 Å². The normalized spacial score (nSPS) is 11.7. The number of allylic oxidation sites excluding steroid dienone is 1. The molecule has 0 aliphatic rings. The molecular formula is C26H34O2. The topological polar surface area (TPSA) is 26.3 Å². The van der Waals surface area contributed by atoms with E-state index in [1.807, 2.05) is 24.3 Å². The highest BCUT2D eigenvalue weighted by molar-refractivity contribution is 5.91. The quantitative estimate of drug-likeness (QED) is 0.307. The van der Waals surface area contributed by atoms with Crippen molar-refractivity contribution >= 4 is 11.9 Å². The standard InChI is InChI=1S/C26H34O2/c1-5-6-7-11-18-26(3,4)24-17-16-23(15-14-21(2)27)25(19-24)28-20-22-12-9-8-10-13-22/h8-10,12-17,19H,5-7,11,18,20H2,1-4H3/b15-14+. The van der Waals surface area contributed by atoms with E-state index in [1.165, 1.54) is 31.2 Å². The molecule has 2 nitrogen and oxygen atoms in total. The molecule has 28 heavy (non-hydrogen) atoms. The van der Waals surface area contributed by atoms with Gasteiger partial charge in [-0.25, -0.2) is 0 Å². The molecule has 0 bridgehead atoms. The molecule has 2 rings (SSSR count). The van der Waals surface area contributed by atoms with Crippen molar-refractivity contribution < 1.29 is 9.53 Å². The Morgan fingerprint density at radius 2 is 1.79 bits per heavy atom. The molecule has 2 heteroatoms. The van der Waals surface area contributed by atoms with Crippen molar-refractivity contribution in [2.24, 2.45) is 0 Å². The number of unbranched alkanes of at least 4 members (excludes halogenated alkanes) is 3. The molecule has 0 spiro atoms. The minimum Gasteiger partial charge on any atom is -0.488 e. The summed E-state index contributed by atoms with van der Waals surface area (Å²) in [7, 11) is 0. The maximum Gasteiger partial charge on any atom is 0.152 e. The number of carbonyl (C=O) groups is 1. The summed E-state index contributed by atoms with van der Waals surface area (Å²) in [5.41, 5.74) is 3.46. The lowest BCUT2D eigenvalue weighted by Crippen LogP contribution is -2.17. The summed E-state index contributed by atoms with van der Waals surface area (Å²) >= 11 is 0. The first-order chi connectivity index (χ1) is 13.4. The zero-order valence-corrected chi connectivity index (χ0v) is 17.8. The highest BCUT2D eigenvalue weighted by atomic mass is 16.5. The van der Waals surface area contributed by atoms with Crippen molar-refractivity contribution in [1.29, 1.82) is 0 Å². The van der Waals surface area contributed by atoms with Gasteiger partial charge in [0, 0.05) is 5.56 Å². The van der Waals surface area contributed by atoms with Gasteiger partial charge in [-0.3, -0.25) is 4.79 Å². The van der Waals surface area contributed by atoms with Crippen LogP contribution in [-0.2, 0) is 16.8 Å². The predicted octanol–water partition coefficient (Wildman–Crippen LogP) is 7.12. The monoisotopic (exact) mass is 378 g/mol. The van der Waals surface area contributed by atoms with Crippen LogP contribution in [0.2, 0.25) is 0 Å². The van der Waals surface area contributed by atoms with E-state index >= 15 is 0 Å². The first-order valence-electron chi connectivity index (χ1n) is 10.4. The maximum atomic E-state index is 11.4. The Labute approximate surface area is 170 Å². The zero-order chi connectivity index (χ0) is 20.4. The molecule has 0 amide bonds. The third-order valence-electron chi connectivity index (χ3n) is 5.19. The van der Waals surface area contributed by atoms with Crippen LogP contribution in [0.5, 0.6) is 5.75 Å². The zero-order valence-electron chi connectivity index (χ0n) is 17.8. The summed E-state index contributed by atoms with van der Waals surface area (Å²) in [4.78, 5) is 11.4. The van der Waals surface area contributed by atoms with Crippen LogP contribution < -0.4 is 4.74 Å². The summed E-state index contributed by atoms with van der Waals surface area (Å²) in [6.45, 7) is 8.94. The summed E-state index contributed by atoms with van der Waals surface area (Å²) < 4.78 is 6.17. The molecule has 0 atom stereocenters. The number of benzene rings is 2. The Morgan fingerprint density at radius 3 is 2.46 bits per heavy atom. The van der Waals surface area contributed by atoms with Gasteiger partial charge in [0.1, 0.15) is 12.4 Å². The second kappa shape index (κ2) is 10.8. The average molecular weight is 379 g/mol. The molecule has 0 fully saturated rings. The van der Waals surface area contributed by atoms with Crippen molar-refractivity contribution in [2.45, 2.75) is 71.8 Å². The number of ketones is 1. The number of rotatable bonds is 11. The Bertz CT molecular complexity index is 772. The molecule has 0 heterocycles. The summed E-state index contributed by atoms with van der Waals surface area (Å²) in [5.74, 6) is 0.870. The van der Waals surface area contributed by atoms with E-state index in [4.69, 9.17) is 4.74 Å². The van der Waals surface area contributed by atoms with E-state index in [2.05, 4.69) is 51.1 Å². The third-order valence-corrected chi connectivity index (χ3v) is 5.19. The highest BCUT2D eigenvalue weighted by Crippen LogP contribution is 2.34. The lowest BCUT2D eigenvalue weighted by Gasteiger charge is -2.26. The van der Waals surface area contributed by atoms with Gasteiger partial charge in [-0.2, -0.15) is 0 Å². The Morgan fingerprint density at radius 1 is 1.04 bits per heavy atom. The second-order valence-electron chi connectivity index (χ2n) is 8.17. The van der Waals surface area contributed by atoms with Gasteiger partial charge >= 0.3 is 0 Å². The highest BCUT2D eigenvalue weighted by Gasteiger charge is 2.21. The fourth-order valence-corrected chi connectivity index (χ4v) is 3.30. The van der Waals surface area contributed by atoms with Gasteiger partial charge in [-0.15, -0.1) is 0 Å². The molecule has 0 aliphatic heterocycles. The van der Waals surface area contributed by atoms with Gasteiger partial charge in [-0.05, 0) is 48.1 Å². The Hall–Kier alpha value is -2.35. The first-order valence-corrected chi connectivity index (χ1v) is 10.4. The first kappa shape index (κ1) is 21.9. The van der Waals surface area contributed by atoms with Gasteiger partial charge in [-0.1, -0.05) is 88.9 Å². The summed E-state index contributed by atoms with van der Waals surface area (Å²) in [6, 6.07) is 16.6. The van der Waals surface area contributed by atoms with Gasteiger partial charge < -0.3 is 4.74 Å². The Balaban J connectivity index is 2.22. The number of carbonyl (C=O) groups excluding carboxylic acids is 1. The van der Waals surface area contributed by atoms with E-state index in [0.717, 1.165) is 23.3 Å². The van der Waals surface area contributed by atoms with Crippen molar-refractivity contribution in [3.8, 4) is 5.75 Å². The molecule has 2 aromatic rings. The van der Waals surface area contributed by atoms with Crippen LogP contribution in [0.4, 0.5) is 0 Å². The van der Waals surface area contributed by atoms with Crippen LogP contribution >= 0.6 is 0 Å². The van der Waals surface area contributed by atoms with Crippen LogP contribution in [0.15, 0.2) is 54.6 Å². The second-order valence-corrected chi connectivity index (χ2v) is 8.17. The molecule has 0 N–H and O–H groups in total. The van der Waals surface area contributed by atoms with E-state index in [0.29, 0.717) is 6.61 Å². The maximum absolute atomic E-state index is 11.4. The van der Waals surface area contributed by atoms with Gasteiger partial charge in [0.15, 0.2) is 5.78 Å². The average Bonchev–Trinajstić information content (AvgIpc) is 2.69. The largest absolute Gasteiger partial charge is 0.488 e. The molecular weight excluding hydrogens is 344 g/mol. The van der Waals surface area contributed by atoms with Crippen LogP contribution in [0, 0.1) is 0 Å². The van der Waals surface area contributed by atoms with Crippen molar-refractivity contribution in [2.75, 3.05) is 0 Å². The van der Waals surface area contributed by atoms with Crippen molar-refractivity contribution in [3.63, 3.8) is 0 Å². The van der Waals surface area contributed by atoms with E-state index in [1.54, 1.807) is 13.0 Å². The number of ether oxygens (including phenoxy) is 1. The minimum atomic E-state index is 0.0364. The predicted molar refractivity (Wildman–Crippen MR) is 119 cm³/mol. The van der Waals surface area contributed by atoms with Gasteiger partial charge in [0.2, 0.25) is 0 Å². The fraction of sp³-hybridized carbons (Fsp3) is 0.423.